The zero-order valence-corrected chi connectivity index (χ0v) is 4.74. The average molecular weight is 108 g/mol. The van der Waals surface area contributed by atoms with E-state index in [9.17, 15) is 4.79 Å². The summed E-state index contributed by atoms with van der Waals surface area (Å²) in [6.45, 7) is 0. The Morgan fingerprint density at radius 1 is 1.00 bits per heavy atom. The van der Waals surface area contributed by atoms with E-state index < -0.39 is 0 Å². The van der Waals surface area contributed by atoms with Gasteiger partial charge in [-0.15, -0.1) is 0 Å². The minimum Gasteiger partial charge on any atom is -0.289 e. The SMILES string of the molecule is O=c1c2c1CCCC2. The highest BCUT2D eigenvalue weighted by Gasteiger charge is 2.23. The fourth-order valence-electron chi connectivity index (χ4n) is 1.38. The van der Waals surface area contributed by atoms with Crippen LogP contribution in [0.15, 0.2) is 4.79 Å². The van der Waals surface area contributed by atoms with Gasteiger partial charge in [-0.25, -0.2) is 0 Å². The highest BCUT2D eigenvalue weighted by molar-refractivity contribution is 5.40. The molecule has 1 aliphatic carbocycles. The summed E-state index contributed by atoms with van der Waals surface area (Å²) in [4.78, 5) is 10.6. The molecule has 0 saturated carbocycles. The largest absolute Gasteiger partial charge is 0.289 e. The molecule has 8 heavy (non-hydrogen) atoms. The molecule has 1 aromatic carbocycles. The van der Waals surface area contributed by atoms with E-state index in [2.05, 4.69) is 0 Å². The van der Waals surface area contributed by atoms with Crippen LogP contribution in [-0.4, -0.2) is 0 Å². The second-order valence-electron chi connectivity index (χ2n) is 2.49. The minimum absolute atomic E-state index is 0.391. The monoisotopic (exact) mass is 108 g/mol. The first kappa shape index (κ1) is 4.30. The fourth-order valence-corrected chi connectivity index (χ4v) is 1.38. The summed E-state index contributed by atoms with van der Waals surface area (Å²) in [5.74, 6) is 0. The normalized spacial score (nSPS) is 19.0. The van der Waals surface area contributed by atoms with Crippen molar-refractivity contribution in [3.8, 4) is 0 Å². The van der Waals surface area contributed by atoms with Crippen LogP contribution in [0.5, 0.6) is 0 Å². The molecule has 1 nitrogen and oxygen atoms in total. The lowest BCUT2D eigenvalue weighted by atomic mass is 10.1. The predicted octanol–water partition coefficient (Wildman–Crippen LogP) is 0.801. The van der Waals surface area contributed by atoms with Crippen molar-refractivity contribution in [1.82, 2.24) is 0 Å². The van der Waals surface area contributed by atoms with Crippen LogP contribution in [0.1, 0.15) is 24.0 Å². The van der Waals surface area contributed by atoms with Gasteiger partial charge in [0, 0.05) is 11.1 Å². The summed E-state index contributed by atoms with van der Waals surface area (Å²) >= 11 is 0. The topological polar surface area (TPSA) is 17.1 Å². The molecule has 0 spiro atoms. The van der Waals surface area contributed by atoms with Crippen molar-refractivity contribution >= 4 is 0 Å². The molecule has 0 saturated heterocycles. The van der Waals surface area contributed by atoms with Gasteiger partial charge in [0.1, 0.15) is 0 Å². The van der Waals surface area contributed by atoms with E-state index in [1.54, 1.807) is 0 Å². The van der Waals surface area contributed by atoms with E-state index in [4.69, 9.17) is 0 Å². The third kappa shape index (κ3) is 0.391. The van der Waals surface area contributed by atoms with Crippen molar-refractivity contribution < 1.29 is 0 Å². The van der Waals surface area contributed by atoms with Crippen LogP contribution in [0.25, 0.3) is 0 Å². The maximum atomic E-state index is 10.6. The van der Waals surface area contributed by atoms with Gasteiger partial charge in [-0.3, -0.25) is 4.79 Å². The van der Waals surface area contributed by atoms with Gasteiger partial charge in [0.15, 0.2) is 5.43 Å². The van der Waals surface area contributed by atoms with Gasteiger partial charge in [-0.1, -0.05) is 0 Å². The first-order chi connectivity index (χ1) is 3.89. The van der Waals surface area contributed by atoms with Crippen molar-refractivity contribution in [2.75, 3.05) is 0 Å². The standard InChI is InChI=1S/C7H8O/c8-7-5-3-1-2-4-6(5)7/h1-4H2. The fraction of sp³-hybridized carbons (Fsp3) is 0.571. The molecule has 0 heterocycles. The van der Waals surface area contributed by atoms with E-state index in [0.29, 0.717) is 5.43 Å². The van der Waals surface area contributed by atoms with Crippen molar-refractivity contribution in [1.29, 1.82) is 0 Å². The lowest BCUT2D eigenvalue weighted by Gasteiger charge is -1.97. The molecule has 2 rings (SSSR count). The van der Waals surface area contributed by atoms with Crippen LogP contribution in [0, 0.1) is 0 Å². The second-order valence-corrected chi connectivity index (χ2v) is 2.49. The summed E-state index contributed by atoms with van der Waals surface area (Å²) < 4.78 is 0. The Balaban J connectivity index is 2.35. The summed E-state index contributed by atoms with van der Waals surface area (Å²) in [6.07, 6.45) is 4.64. The van der Waals surface area contributed by atoms with Gasteiger partial charge in [0.05, 0.1) is 0 Å². The van der Waals surface area contributed by atoms with Crippen LogP contribution in [0.2, 0.25) is 0 Å². The molecule has 0 radical (unpaired) electrons. The first-order valence-corrected chi connectivity index (χ1v) is 3.16. The van der Waals surface area contributed by atoms with Crippen molar-refractivity contribution in [3.05, 3.63) is 21.4 Å². The zero-order chi connectivity index (χ0) is 5.56. The quantitative estimate of drug-likeness (QED) is 0.480. The molecule has 1 aliphatic rings. The maximum absolute atomic E-state index is 10.6. The third-order valence-electron chi connectivity index (χ3n) is 1.95. The van der Waals surface area contributed by atoms with Gasteiger partial charge in [-0.2, -0.15) is 0 Å². The van der Waals surface area contributed by atoms with Gasteiger partial charge in [0.25, 0.3) is 0 Å². The highest BCUT2D eigenvalue weighted by Crippen LogP contribution is 2.20. The molecule has 0 unspecified atom stereocenters. The van der Waals surface area contributed by atoms with Crippen LogP contribution in [0.3, 0.4) is 0 Å². The molecular formula is C7H8O. The Labute approximate surface area is 48.0 Å². The molecule has 0 atom stereocenters. The smallest absolute Gasteiger partial charge is 0.185 e. The zero-order valence-electron chi connectivity index (χ0n) is 4.74. The van der Waals surface area contributed by atoms with Gasteiger partial charge < -0.3 is 0 Å². The Kier molecular flexibility index (Phi) is 0.655. The Morgan fingerprint density at radius 3 is 1.88 bits per heavy atom. The van der Waals surface area contributed by atoms with Crippen LogP contribution < -0.4 is 5.43 Å². The first-order valence-electron chi connectivity index (χ1n) is 3.16. The van der Waals surface area contributed by atoms with Gasteiger partial charge in [-0.05, 0) is 25.7 Å². The third-order valence-corrected chi connectivity index (χ3v) is 1.95. The van der Waals surface area contributed by atoms with Gasteiger partial charge in [0.2, 0.25) is 0 Å². The number of hydrogen-bond acceptors (Lipinski definition) is 1. The predicted molar refractivity (Wildman–Crippen MR) is 31.7 cm³/mol. The molecule has 1 heteroatoms. The number of rotatable bonds is 0. The maximum Gasteiger partial charge on any atom is 0.185 e. The van der Waals surface area contributed by atoms with E-state index in [1.807, 2.05) is 0 Å². The summed E-state index contributed by atoms with van der Waals surface area (Å²) in [5, 5.41) is 0. The molecule has 1 aromatic rings. The van der Waals surface area contributed by atoms with Crippen molar-refractivity contribution in [3.63, 3.8) is 0 Å². The lowest BCUT2D eigenvalue weighted by molar-refractivity contribution is 0.715. The Bertz CT molecular complexity index is 194. The summed E-state index contributed by atoms with van der Waals surface area (Å²) in [6, 6.07) is 0. The molecule has 0 N–H and O–H groups in total. The molecule has 0 aromatic heterocycles. The number of hydrogen-bond donors (Lipinski definition) is 0. The lowest BCUT2D eigenvalue weighted by Crippen LogP contribution is -1.87. The Hall–Kier alpha value is -0.590. The summed E-state index contributed by atoms with van der Waals surface area (Å²) in [7, 11) is 0. The second kappa shape index (κ2) is 1.22. The molecule has 0 aliphatic heterocycles. The van der Waals surface area contributed by atoms with E-state index in [0.717, 1.165) is 24.0 Å². The van der Waals surface area contributed by atoms with Crippen molar-refractivity contribution in [2.24, 2.45) is 0 Å². The van der Waals surface area contributed by atoms with E-state index >= 15 is 0 Å². The molecule has 0 bridgehead atoms. The number of fused-ring (bicyclic) bond motifs is 1. The highest BCUT2D eigenvalue weighted by atomic mass is 16.1. The van der Waals surface area contributed by atoms with E-state index in [-0.39, 0.29) is 0 Å². The molecule has 0 fully saturated rings. The molecule has 42 valence electrons. The average Bonchev–Trinajstić information content (AvgIpc) is 2.46. The van der Waals surface area contributed by atoms with Crippen LogP contribution >= 0.6 is 0 Å². The molecule has 0 amide bonds. The summed E-state index contributed by atoms with van der Waals surface area (Å²) in [5.41, 5.74) is 2.72. The van der Waals surface area contributed by atoms with Gasteiger partial charge >= 0.3 is 0 Å². The molecular weight excluding hydrogens is 100 g/mol. The van der Waals surface area contributed by atoms with Crippen LogP contribution in [0.4, 0.5) is 0 Å². The van der Waals surface area contributed by atoms with Crippen molar-refractivity contribution in [2.45, 2.75) is 25.7 Å². The van der Waals surface area contributed by atoms with E-state index in [1.165, 1.54) is 12.8 Å². The minimum atomic E-state index is 0.391. The van der Waals surface area contributed by atoms with Crippen LogP contribution in [-0.2, 0) is 12.8 Å². The Morgan fingerprint density at radius 2 is 1.50 bits per heavy atom.